The van der Waals surface area contributed by atoms with E-state index >= 15 is 0 Å². The zero-order valence-electron chi connectivity index (χ0n) is 14.7. The maximum Gasteiger partial charge on any atom is 0.353 e. The van der Waals surface area contributed by atoms with E-state index in [0.717, 1.165) is 39.0 Å². The first-order valence-electron chi connectivity index (χ1n) is 8.80. The van der Waals surface area contributed by atoms with Crippen LogP contribution >= 0.6 is 0 Å². The van der Waals surface area contributed by atoms with Gasteiger partial charge in [0.15, 0.2) is 0 Å². The number of nitro groups is 1. The summed E-state index contributed by atoms with van der Waals surface area (Å²) >= 11 is 0. The number of unbranched alkanes of at least 4 members (excludes halogenated alkanes) is 1. The average molecular weight is 336 g/mol. The Morgan fingerprint density at radius 2 is 2.08 bits per heavy atom. The SMILES string of the molecule is CCCCN(C)c1ncnc(NCCN2CCCCC2)c1[N+](=O)[O-]. The average Bonchev–Trinajstić information content (AvgIpc) is 2.60. The first-order valence-corrected chi connectivity index (χ1v) is 8.80. The molecule has 2 heterocycles. The van der Waals surface area contributed by atoms with Crippen molar-refractivity contribution in [1.29, 1.82) is 0 Å². The standard InChI is InChI=1S/C16H28N6O2/c1-3-4-9-20(2)16-14(22(23)24)15(18-13-19-16)17-8-12-21-10-6-5-7-11-21/h13H,3-12H2,1-2H3,(H,17,18,19). The lowest BCUT2D eigenvalue weighted by atomic mass is 10.1. The molecule has 0 saturated carbocycles. The van der Waals surface area contributed by atoms with E-state index in [1.807, 2.05) is 11.9 Å². The molecule has 8 nitrogen and oxygen atoms in total. The van der Waals surface area contributed by atoms with Gasteiger partial charge >= 0.3 is 5.69 Å². The highest BCUT2D eigenvalue weighted by Crippen LogP contribution is 2.31. The van der Waals surface area contributed by atoms with Crippen molar-refractivity contribution >= 4 is 17.3 Å². The Bertz CT molecular complexity index is 533. The fraction of sp³-hybridized carbons (Fsp3) is 0.750. The second-order valence-electron chi connectivity index (χ2n) is 6.26. The molecule has 2 rings (SSSR count). The van der Waals surface area contributed by atoms with Gasteiger partial charge in [0.1, 0.15) is 6.33 Å². The van der Waals surface area contributed by atoms with Gasteiger partial charge in [0, 0.05) is 26.7 Å². The molecular formula is C16H28N6O2. The van der Waals surface area contributed by atoms with Gasteiger partial charge in [-0.15, -0.1) is 0 Å². The molecule has 0 aromatic carbocycles. The number of anilines is 2. The van der Waals surface area contributed by atoms with Crippen LogP contribution in [0.15, 0.2) is 6.33 Å². The topological polar surface area (TPSA) is 87.4 Å². The summed E-state index contributed by atoms with van der Waals surface area (Å²) in [6.07, 6.45) is 7.17. The lowest BCUT2D eigenvalue weighted by molar-refractivity contribution is -0.383. The molecule has 0 bridgehead atoms. The van der Waals surface area contributed by atoms with Gasteiger partial charge in [-0.2, -0.15) is 0 Å². The lowest BCUT2D eigenvalue weighted by Crippen LogP contribution is -2.34. The number of piperidine rings is 1. The zero-order valence-corrected chi connectivity index (χ0v) is 14.7. The minimum atomic E-state index is -0.388. The van der Waals surface area contributed by atoms with E-state index < -0.39 is 0 Å². The summed E-state index contributed by atoms with van der Waals surface area (Å²) in [5.41, 5.74) is -0.0326. The van der Waals surface area contributed by atoms with Crippen LogP contribution in [0, 0.1) is 10.1 Å². The van der Waals surface area contributed by atoms with Gasteiger partial charge in [0.05, 0.1) is 4.92 Å². The minimum absolute atomic E-state index is 0.0326. The summed E-state index contributed by atoms with van der Waals surface area (Å²) in [4.78, 5) is 23.6. The van der Waals surface area contributed by atoms with Crippen molar-refractivity contribution in [3.63, 3.8) is 0 Å². The van der Waals surface area contributed by atoms with E-state index in [-0.39, 0.29) is 10.6 Å². The molecule has 1 aliphatic heterocycles. The van der Waals surface area contributed by atoms with Gasteiger partial charge in [-0.25, -0.2) is 9.97 Å². The van der Waals surface area contributed by atoms with Crippen LogP contribution in [0.25, 0.3) is 0 Å². The predicted molar refractivity (Wildman–Crippen MR) is 95.6 cm³/mol. The normalized spacial score (nSPS) is 15.2. The summed E-state index contributed by atoms with van der Waals surface area (Å²) in [5.74, 6) is 0.689. The van der Waals surface area contributed by atoms with E-state index in [1.165, 1.54) is 25.6 Å². The second-order valence-corrected chi connectivity index (χ2v) is 6.26. The Morgan fingerprint density at radius 1 is 1.33 bits per heavy atom. The molecule has 1 fully saturated rings. The number of hydrogen-bond acceptors (Lipinski definition) is 7. The minimum Gasteiger partial charge on any atom is -0.363 e. The Balaban J connectivity index is 2.03. The largest absolute Gasteiger partial charge is 0.363 e. The molecule has 0 unspecified atom stereocenters. The van der Waals surface area contributed by atoms with Crippen LogP contribution < -0.4 is 10.2 Å². The highest BCUT2D eigenvalue weighted by molar-refractivity contribution is 5.70. The molecule has 0 spiro atoms. The lowest BCUT2D eigenvalue weighted by Gasteiger charge is -2.26. The predicted octanol–water partition coefficient (Wildman–Crippen LogP) is 2.52. The van der Waals surface area contributed by atoms with Crippen LogP contribution in [-0.2, 0) is 0 Å². The maximum absolute atomic E-state index is 11.5. The second kappa shape index (κ2) is 9.36. The third kappa shape index (κ3) is 5.02. The highest BCUT2D eigenvalue weighted by Gasteiger charge is 2.25. The van der Waals surface area contributed by atoms with Crippen LogP contribution in [0.3, 0.4) is 0 Å². The molecule has 134 valence electrons. The summed E-state index contributed by atoms with van der Waals surface area (Å²) in [7, 11) is 1.84. The van der Waals surface area contributed by atoms with Gasteiger partial charge in [0.2, 0.25) is 11.6 Å². The number of aromatic nitrogens is 2. The van der Waals surface area contributed by atoms with Gasteiger partial charge in [-0.3, -0.25) is 10.1 Å². The molecule has 1 aliphatic rings. The van der Waals surface area contributed by atoms with Crippen LogP contribution in [-0.4, -0.2) is 59.6 Å². The van der Waals surface area contributed by atoms with Crippen molar-refractivity contribution in [3.05, 3.63) is 16.4 Å². The summed E-state index contributed by atoms with van der Waals surface area (Å²) in [6.45, 7) is 6.58. The van der Waals surface area contributed by atoms with Gasteiger partial charge in [0.25, 0.3) is 0 Å². The van der Waals surface area contributed by atoms with Crippen molar-refractivity contribution < 1.29 is 4.92 Å². The molecule has 0 aliphatic carbocycles. The Hall–Kier alpha value is -1.96. The summed E-state index contributed by atoms with van der Waals surface area (Å²) < 4.78 is 0. The van der Waals surface area contributed by atoms with Crippen LogP contribution in [0.5, 0.6) is 0 Å². The van der Waals surface area contributed by atoms with Gasteiger partial charge in [-0.05, 0) is 32.4 Å². The molecule has 8 heteroatoms. The van der Waals surface area contributed by atoms with Crippen molar-refractivity contribution in [3.8, 4) is 0 Å². The third-order valence-electron chi connectivity index (χ3n) is 4.36. The number of likely N-dealkylation sites (tertiary alicyclic amines) is 1. The number of nitrogens with zero attached hydrogens (tertiary/aromatic N) is 5. The molecule has 0 atom stereocenters. The third-order valence-corrected chi connectivity index (χ3v) is 4.36. The molecule has 1 aromatic rings. The smallest absolute Gasteiger partial charge is 0.353 e. The van der Waals surface area contributed by atoms with Crippen LogP contribution in [0.4, 0.5) is 17.3 Å². The Morgan fingerprint density at radius 3 is 2.75 bits per heavy atom. The number of nitrogens with one attached hydrogen (secondary N) is 1. The van der Waals surface area contributed by atoms with Gasteiger partial charge in [-0.1, -0.05) is 19.8 Å². The molecule has 1 saturated heterocycles. The molecule has 24 heavy (non-hydrogen) atoms. The number of rotatable bonds is 9. The summed E-state index contributed by atoms with van der Waals surface area (Å²) in [5, 5.41) is 14.7. The van der Waals surface area contributed by atoms with E-state index in [0.29, 0.717) is 18.2 Å². The van der Waals surface area contributed by atoms with E-state index in [1.54, 1.807) is 0 Å². The quantitative estimate of drug-likeness (QED) is 0.547. The van der Waals surface area contributed by atoms with E-state index in [2.05, 4.69) is 27.1 Å². The first kappa shape index (κ1) is 18.4. The van der Waals surface area contributed by atoms with Crippen molar-refractivity contribution in [2.24, 2.45) is 0 Å². The molecule has 0 amide bonds. The maximum atomic E-state index is 11.5. The van der Waals surface area contributed by atoms with Crippen molar-refractivity contribution in [2.75, 3.05) is 50.0 Å². The van der Waals surface area contributed by atoms with Crippen molar-refractivity contribution in [2.45, 2.75) is 39.0 Å². The first-order chi connectivity index (χ1) is 11.6. The molecule has 1 aromatic heterocycles. The molecular weight excluding hydrogens is 308 g/mol. The molecule has 1 N–H and O–H groups in total. The zero-order chi connectivity index (χ0) is 17.4. The Labute approximate surface area is 143 Å². The highest BCUT2D eigenvalue weighted by atomic mass is 16.6. The fourth-order valence-electron chi connectivity index (χ4n) is 2.96. The Kier molecular flexibility index (Phi) is 7.17. The van der Waals surface area contributed by atoms with Crippen LogP contribution in [0.1, 0.15) is 39.0 Å². The van der Waals surface area contributed by atoms with Gasteiger partial charge < -0.3 is 15.1 Å². The van der Waals surface area contributed by atoms with Crippen molar-refractivity contribution in [1.82, 2.24) is 14.9 Å². The molecule has 0 radical (unpaired) electrons. The van der Waals surface area contributed by atoms with E-state index in [4.69, 9.17) is 0 Å². The van der Waals surface area contributed by atoms with E-state index in [9.17, 15) is 10.1 Å². The number of hydrogen-bond donors (Lipinski definition) is 1. The summed E-state index contributed by atoms with van der Waals surface area (Å²) in [6, 6.07) is 0. The fourth-order valence-corrected chi connectivity index (χ4v) is 2.96. The van der Waals surface area contributed by atoms with Crippen LogP contribution in [0.2, 0.25) is 0 Å². The monoisotopic (exact) mass is 336 g/mol.